The monoisotopic (exact) mass is 257 g/mol. The van der Waals surface area contributed by atoms with Crippen LogP contribution in [0.3, 0.4) is 0 Å². The van der Waals surface area contributed by atoms with Crippen molar-refractivity contribution in [2.45, 2.75) is 45.1 Å². The highest BCUT2D eigenvalue weighted by molar-refractivity contribution is 5.77. The second-order valence-electron chi connectivity index (χ2n) is 5.72. The van der Waals surface area contributed by atoms with E-state index < -0.39 is 0 Å². The summed E-state index contributed by atoms with van der Waals surface area (Å²) in [5.74, 6) is 2.00. The Morgan fingerprint density at radius 1 is 1.11 bits per heavy atom. The molecule has 2 aromatic rings. The maximum atomic E-state index is 5.80. The van der Waals surface area contributed by atoms with E-state index in [4.69, 9.17) is 4.42 Å². The number of rotatable bonds is 5. The quantitative estimate of drug-likeness (QED) is 0.798. The largest absolute Gasteiger partial charge is 0.460 e. The van der Waals surface area contributed by atoms with Crippen molar-refractivity contribution in [3.8, 4) is 0 Å². The molecule has 102 valence electrons. The molecule has 2 heteroatoms. The summed E-state index contributed by atoms with van der Waals surface area (Å²) in [6.07, 6.45) is 8.52. The van der Waals surface area contributed by atoms with Gasteiger partial charge in [0.1, 0.15) is 11.3 Å². The van der Waals surface area contributed by atoms with Gasteiger partial charge in [-0.1, -0.05) is 50.3 Å². The standard InChI is InChI=1S/C17H23NO/c1-2-6-14(7-3-1)10-11-18-13-16-12-15-8-4-5-9-17(15)19-16/h4-5,8-9,12,14,18H,1-3,6-7,10-11,13H2. The number of hydrogen-bond acceptors (Lipinski definition) is 2. The first kappa shape index (κ1) is 12.7. The number of nitrogens with one attached hydrogen (secondary N) is 1. The van der Waals surface area contributed by atoms with E-state index in [2.05, 4.69) is 23.5 Å². The van der Waals surface area contributed by atoms with E-state index >= 15 is 0 Å². The van der Waals surface area contributed by atoms with Crippen molar-refractivity contribution in [2.75, 3.05) is 6.54 Å². The van der Waals surface area contributed by atoms with Crippen molar-refractivity contribution in [2.24, 2.45) is 5.92 Å². The summed E-state index contributed by atoms with van der Waals surface area (Å²) < 4.78 is 5.80. The Balaban J connectivity index is 1.44. The Hall–Kier alpha value is -1.28. The molecule has 1 fully saturated rings. The molecule has 0 aliphatic heterocycles. The predicted octanol–water partition coefficient (Wildman–Crippen LogP) is 4.49. The molecule has 0 amide bonds. The summed E-state index contributed by atoms with van der Waals surface area (Å²) >= 11 is 0. The minimum atomic E-state index is 0.849. The van der Waals surface area contributed by atoms with Crippen LogP contribution in [0.15, 0.2) is 34.7 Å². The molecule has 1 saturated carbocycles. The van der Waals surface area contributed by atoms with E-state index in [1.807, 2.05) is 12.1 Å². The molecule has 0 bridgehead atoms. The molecule has 2 nitrogen and oxygen atoms in total. The van der Waals surface area contributed by atoms with Crippen molar-refractivity contribution in [3.63, 3.8) is 0 Å². The van der Waals surface area contributed by atoms with Crippen molar-refractivity contribution in [1.29, 1.82) is 0 Å². The third-order valence-electron chi connectivity index (χ3n) is 4.23. The fourth-order valence-corrected chi connectivity index (χ4v) is 3.12. The number of para-hydroxylation sites is 1. The van der Waals surface area contributed by atoms with E-state index in [-0.39, 0.29) is 0 Å². The van der Waals surface area contributed by atoms with Crippen LogP contribution in [0.25, 0.3) is 11.0 Å². The van der Waals surface area contributed by atoms with Gasteiger partial charge in [-0.3, -0.25) is 0 Å². The highest BCUT2D eigenvalue weighted by Crippen LogP contribution is 2.25. The second kappa shape index (κ2) is 6.25. The average Bonchev–Trinajstić information content (AvgIpc) is 2.87. The Labute approximate surface area is 115 Å². The zero-order valence-corrected chi connectivity index (χ0v) is 11.5. The molecule has 1 heterocycles. The first-order chi connectivity index (χ1) is 9.42. The van der Waals surface area contributed by atoms with Crippen LogP contribution in [0, 0.1) is 5.92 Å². The summed E-state index contributed by atoms with van der Waals surface area (Å²) in [4.78, 5) is 0. The van der Waals surface area contributed by atoms with E-state index in [9.17, 15) is 0 Å². The number of benzene rings is 1. The van der Waals surface area contributed by atoms with Crippen LogP contribution < -0.4 is 5.32 Å². The summed E-state index contributed by atoms with van der Waals surface area (Å²) in [6.45, 7) is 1.96. The third kappa shape index (κ3) is 3.38. The minimum Gasteiger partial charge on any atom is -0.460 e. The van der Waals surface area contributed by atoms with Crippen molar-refractivity contribution < 1.29 is 4.42 Å². The van der Waals surface area contributed by atoms with E-state index in [1.54, 1.807) is 0 Å². The molecule has 1 aliphatic rings. The zero-order valence-electron chi connectivity index (χ0n) is 11.5. The molecule has 19 heavy (non-hydrogen) atoms. The van der Waals surface area contributed by atoms with Crippen LogP contribution in [0.4, 0.5) is 0 Å². The lowest BCUT2D eigenvalue weighted by Crippen LogP contribution is -2.18. The van der Waals surface area contributed by atoms with Crippen LogP contribution in [0.2, 0.25) is 0 Å². The smallest absolute Gasteiger partial charge is 0.134 e. The highest BCUT2D eigenvalue weighted by Gasteiger charge is 2.12. The Morgan fingerprint density at radius 3 is 2.79 bits per heavy atom. The van der Waals surface area contributed by atoms with Crippen LogP contribution in [0.5, 0.6) is 0 Å². The first-order valence-electron chi connectivity index (χ1n) is 7.60. The summed E-state index contributed by atoms with van der Waals surface area (Å²) in [5.41, 5.74) is 0.992. The maximum Gasteiger partial charge on any atom is 0.134 e. The summed E-state index contributed by atoms with van der Waals surface area (Å²) in [7, 11) is 0. The molecule has 1 aromatic heterocycles. The molecule has 0 spiro atoms. The van der Waals surface area contributed by atoms with Gasteiger partial charge in [0.25, 0.3) is 0 Å². The summed E-state index contributed by atoms with van der Waals surface area (Å²) in [6, 6.07) is 10.3. The third-order valence-corrected chi connectivity index (χ3v) is 4.23. The van der Waals surface area contributed by atoms with Crippen molar-refractivity contribution in [1.82, 2.24) is 5.32 Å². The molecule has 0 radical (unpaired) electrons. The fraction of sp³-hybridized carbons (Fsp3) is 0.529. The lowest BCUT2D eigenvalue weighted by Gasteiger charge is -2.21. The number of furan rings is 1. The average molecular weight is 257 g/mol. The predicted molar refractivity (Wildman–Crippen MR) is 79.1 cm³/mol. The lowest BCUT2D eigenvalue weighted by molar-refractivity contribution is 0.332. The van der Waals surface area contributed by atoms with Gasteiger partial charge in [0.15, 0.2) is 0 Å². The molecule has 0 unspecified atom stereocenters. The molecule has 1 aliphatic carbocycles. The maximum absolute atomic E-state index is 5.80. The van der Waals surface area contributed by atoms with Gasteiger partial charge in [0.2, 0.25) is 0 Å². The van der Waals surface area contributed by atoms with E-state index in [0.717, 1.165) is 30.4 Å². The van der Waals surface area contributed by atoms with E-state index in [1.165, 1.54) is 43.9 Å². The molecule has 0 saturated heterocycles. The van der Waals surface area contributed by atoms with Crippen molar-refractivity contribution in [3.05, 3.63) is 36.1 Å². The normalized spacial score (nSPS) is 17.1. The number of hydrogen-bond donors (Lipinski definition) is 1. The van der Waals surface area contributed by atoms with Crippen LogP contribution in [-0.2, 0) is 6.54 Å². The lowest BCUT2D eigenvalue weighted by atomic mass is 9.87. The second-order valence-corrected chi connectivity index (χ2v) is 5.72. The van der Waals surface area contributed by atoms with E-state index in [0.29, 0.717) is 0 Å². The highest BCUT2D eigenvalue weighted by atomic mass is 16.3. The van der Waals surface area contributed by atoms with Gasteiger partial charge in [-0.2, -0.15) is 0 Å². The van der Waals surface area contributed by atoms with Gasteiger partial charge < -0.3 is 9.73 Å². The molecule has 1 N–H and O–H groups in total. The van der Waals surface area contributed by atoms with Gasteiger partial charge in [-0.25, -0.2) is 0 Å². The topological polar surface area (TPSA) is 25.2 Å². The SMILES string of the molecule is c1ccc2oc(CNCCC3CCCCC3)cc2c1. The van der Waals surface area contributed by atoms with Crippen LogP contribution in [0.1, 0.15) is 44.3 Å². The molecule has 0 atom stereocenters. The van der Waals surface area contributed by atoms with Gasteiger partial charge in [-0.15, -0.1) is 0 Å². The Bertz CT molecular complexity index is 478. The zero-order chi connectivity index (χ0) is 12.9. The molecular weight excluding hydrogens is 234 g/mol. The van der Waals surface area contributed by atoms with Gasteiger partial charge in [0, 0.05) is 5.39 Å². The van der Waals surface area contributed by atoms with Gasteiger partial charge in [0.05, 0.1) is 6.54 Å². The molecule has 3 rings (SSSR count). The first-order valence-corrected chi connectivity index (χ1v) is 7.60. The molecule has 1 aromatic carbocycles. The summed E-state index contributed by atoms with van der Waals surface area (Å²) in [5, 5.41) is 4.72. The van der Waals surface area contributed by atoms with Gasteiger partial charge >= 0.3 is 0 Å². The van der Waals surface area contributed by atoms with Crippen molar-refractivity contribution >= 4 is 11.0 Å². The van der Waals surface area contributed by atoms with Crippen LogP contribution >= 0.6 is 0 Å². The molecular formula is C17H23NO. The fourth-order valence-electron chi connectivity index (χ4n) is 3.12. The van der Waals surface area contributed by atoms with Crippen LogP contribution in [-0.4, -0.2) is 6.54 Å². The Kier molecular flexibility index (Phi) is 4.19. The minimum absolute atomic E-state index is 0.849. The number of fused-ring (bicyclic) bond motifs is 1. The van der Waals surface area contributed by atoms with Gasteiger partial charge in [-0.05, 0) is 31.0 Å². The Morgan fingerprint density at radius 2 is 1.95 bits per heavy atom.